The van der Waals surface area contributed by atoms with Crippen LogP contribution < -0.4 is 10.2 Å². The Hall–Kier alpha value is -2.34. The fourth-order valence-electron chi connectivity index (χ4n) is 4.19. The molecule has 146 valence electrons. The van der Waals surface area contributed by atoms with Gasteiger partial charge in [-0.15, -0.1) is 0 Å². The molecule has 2 aliphatic heterocycles. The van der Waals surface area contributed by atoms with E-state index < -0.39 is 0 Å². The van der Waals surface area contributed by atoms with E-state index in [-0.39, 0.29) is 18.0 Å². The van der Waals surface area contributed by atoms with Crippen molar-refractivity contribution in [3.63, 3.8) is 0 Å². The van der Waals surface area contributed by atoms with E-state index in [0.717, 1.165) is 48.1 Å². The molecule has 0 aromatic heterocycles. The third kappa shape index (κ3) is 3.53. The Morgan fingerprint density at radius 2 is 2.07 bits per heavy atom. The fourth-order valence-corrected chi connectivity index (χ4v) is 4.64. The van der Waals surface area contributed by atoms with Gasteiger partial charge in [-0.1, -0.05) is 28.1 Å². The lowest BCUT2D eigenvalue weighted by Gasteiger charge is -2.47. The standard InChI is InChI=1S/C22H24BrN3O2/c1-2-25-19-13-16(21(27)24-14-15-6-5-7-17(23)12-15)9-10-18(19)22(28)26-11-4-3-8-20(25)26/h5-7,9-10,12-13,20H,2-4,8,11,14H2,1H3,(H,24,27)/t20-/m0/s1. The lowest BCUT2D eigenvalue weighted by atomic mass is 9.97. The molecule has 2 aliphatic rings. The summed E-state index contributed by atoms with van der Waals surface area (Å²) < 4.78 is 0.988. The number of fused-ring (bicyclic) bond motifs is 2. The monoisotopic (exact) mass is 441 g/mol. The highest BCUT2D eigenvalue weighted by Gasteiger charge is 2.38. The van der Waals surface area contributed by atoms with E-state index in [1.807, 2.05) is 35.2 Å². The van der Waals surface area contributed by atoms with Crippen LogP contribution in [0.3, 0.4) is 0 Å². The van der Waals surface area contributed by atoms with Gasteiger partial charge in [0.25, 0.3) is 11.8 Å². The molecule has 1 N–H and O–H groups in total. The Labute approximate surface area is 173 Å². The molecule has 0 bridgehead atoms. The topological polar surface area (TPSA) is 52.7 Å². The molecule has 5 nitrogen and oxygen atoms in total. The smallest absolute Gasteiger partial charge is 0.257 e. The highest BCUT2D eigenvalue weighted by atomic mass is 79.9. The number of amides is 2. The number of benzene rings is 2. The van der Waals surface area contributed by atoms with Gasteiger partial charge in [0.2, 0.25) is 0 Å². The van der Waals surface area contributed by atoms with Crippen molar-refractivity contribution in [2.75, 3.05) is 18.0 Å². The summed E-state index contributed by atoms with van der Waals surface area (Å²) in [5.41, 5.74) is 3.20. The largest absolute Gasteiger partial charge is 0.351 e. The summed E-state index contributed by atoms with van der Waals surface area (Å²) in [6, 6.07) is 13.3. The number of piperidine rings is 1. The molecule has 2 aromatic rings. The van der Waals surface area contributed by atoms with Crippen molar-refractivity contribution in [1.82, 2.24) is 10.2 Å². The van der Waals surface area contributed by atoms with Crippen LogP contribution in [0.25, 0.3) is 0 Å². The fraction of sp³-hybridized carbons (Fsp3) is 0.364. The molecule has 1 atom stereocenters. The van der Waals surface area contributed by atoms with E-state index >= 15 is 0 Å². The first-order chi connectivity index (χ1) is 13.6. The molecule has 2 aromatic carbocycles. The number of rotatable bonds is 4. The number of hydrogen-bond acceptors (Lipinski definition) is 3. The van der Waals surface area contributed by atoms with E-state index in [0.29, 0.717) is 17.7 Å². The minimum Gasteiger partial charge on any atom is -0.351 e. The van der Waals surface area contributed by atoms with Gasteiger partial charge < -0.3 is 15.1 Å². The van der Waals surface area contributed by atoms with Crippen LogP contribution in [-0.4, -0.2) is 36.0 Å². The number of carbonyl (C=O) groups is 2. The molecule has 4 rings (SSSR count). The van der Waals surface area contributed by atoms with Crippen LogP contribution in [0.2, 0.25) is 0 Å². The van der Waals surface area contributed by atoms with Gasteiger partial charge in [-0.25, -0.2) is 0 Å². The highest BCUT2D eigenvalue weighted by Crippen LogP contribution is 2.35. The second kappa shape index (κ2) is 7.95. The number of nitrogens with one attached hydrogen (secondary N) is 1. The van der Waals surface area contributed by atoms with Crippen LogP contribution >= 0.6 is 15.9 Å². The molecule has 1 fully saturated rings. The summed E-state index contributed by atoms with van der Waals surface area (Å²) >= 11 is 3.45. The molecular formula is C22H24BrN3O2. The molecule has 0 radical (unpaired) electrons. The van der Waals surface area contributed by atoms with Gasteiger partial charge in [-0.2, -0.15) is 0 Å². The highest BCUT2D eigenvalue weighted by molar-refractivity contribution is 9.10. The molecule has 28 heavy (non-hydrogen) atoms. The van der Waals surface area contributed by atoms with E-state index in [1.54, 1.807) is 12.1 Å². The quantitative estimate of drug-likeness (QED) is 0.774. The van der Waals surface area contributed by atoms with E-state index in [2.05, 4.69) is 33.1 Å². The van der Waals surface area contributed by atoms with Gasteiger partial charge in [-0.05, 0) is 62.1 Å². The molecule has 0 aliphatic carbocycles. The number of hydrogen-bond donors (Lipinski definition) is 1. The Morgan fingerprint density at radius 1 is 1.21 bits per heavy atom. The third-order valence-electron chi connectivity index (χ3n) is 5.57. The SMILES string of the molecule is CCN1c2cc(C(=O)NCc3cccc(Br)c3)ccc2C(=O)N2CCCC[C@H]21. The molecule has 0 unspecified atom stereocenters. The van der Waals surface area contributed by atoms with Crippen molar-refractivity contribution >= 4 is 33.4 Å². The molecule has 1 saturated heterocycles. The van der Waals surface area contributed by atoms with Crippen LogP contribution in [-0.2, 0) is 6.54 Å². The average molecular weight is 442 g/mol. The number of carbonyl (C=O) groups excluding carboxylic acids is 2. The van der Waals surface area contributed by atoms with Crippen LogP contribution in [0, 0.1) is 0 Å². The van der Waals surface area contributed by atoms with E-state index in [9.17, 15) is 9.59 Å². The summed E-state index contributed by atoms with van der Waals surface area (Å²) in [6.45, 7) is 4.19. The van der Waals surface area contributed by atoms with Crippen molar-refractivity contribution in [3.05, 3.63) is 63.6 Å². The molecule has 0 saturated carbocycles. The predicted octanol–water partition coefficient (Wildman–Crippen LogP) is 4.17. The van der Waals surface area contributed by atoms with Crippen LogP contribution in [0.4, 0.5) is 5.69 Å². The van der Waals surface area contributed by atoms with Gasteiger partial charge in [0.15, 0.2) is 0 Å². The van der Waals surface area contributed by atoms with Crippen molar-refractivity contribution in [2.45, 2.75) is 38.9 Å². The minimum absolute atomic E-state index is 0.0884. The maximum atomic E-state index is 12.9. The molecule has 0 spiro atoms. The van der Waals surface area contributed by atoms with Crippen molar-refractivity contribution in [2.24, 2.45) is 0 Å². The average Bonchev–Trinajstić information content (AvgIpc) is 2.72. The Bertz CT molecular complexity index is 914. The maximum Gasteiger partial charge on any atom is 0.257 e. The van der Waals surface area contributed by atoms with Crippen LogP contribution in [0.5, 0.6) is 0 Å². The lowest BCUT2D eigenvalue weighted by Crippen LogP contribution is -2.57. The Morgan fingerprint density at radius 3 is 2.86 bits per heavy atom. The third-order valence-corrected chi connectivity index (χ3v) is 6.07. The Kier molecular flexibility index (Phi) is 5.40. The number of halogens is 1. The van der Waals surface area contributed by atoms with Crippen LogP contribution in [0.1, 0.15) is 52.5 Å². The number of nitrogens with zero attached hydrogens (tertiary/aromatic N) is 2. The van der Waals surface area contributed by atoms with Gasteiger partial charge in [0, 0.05) is 29.7 Å². The molecule has 2 heterocycles. The first kappa shape index (κ1) is 19.0. The van der Waals surface area contributed by atoms with Gasteiger partial charge >= 0.3 is 0 Å². The van der Waals surface area contributed by atoms with Crippen molar-refractivity contribution in [3.8, 4) is 0 Å². The summed E-state index contributed by atoms with van der Waals surface area (Å²) in [7, 11) is 0. The molecule has 2 amide bonds. The zero-order chi connectivity index (χ0) is 19.7. The maximum absolute atomic E-state index is 12.9. The van der Waals surface area contributed by atoms with Crippen LogP contribution in [0.15, 0.2) is 46.9 Å². The van der Waals surface area contributed by atoms with Gasteiger partial charge in [0.1, 0.15) is 6.17 Å². The minimum atomic E-state index is -0.127. The predicted molar refractivity (Wildman–Crippen MR) is 113 cm³/mol. The number of anilines is 1. The first-order valence-corrected chi connectivity index (χ1v) is 10.6. The van der Waals surface area contributed by atoms with Crippen molar-refractivity contribution in [1.29, 1.82) is 0 Å². The summed E-state index contributed by atoms with van der Waals surface area (Å²) in [4.78, 5) is 29.9. The summed E-state index contributed by atoms with van der Waals surface area (Å²) in [5, 5.41) is 2.98. The normalized spacial score (nSPS) is 18.5. The van der Waals surface area contributed by atoms with E-state index in [1.165, 1.54) is 0 Å². The lowest BCUT2D eigenvalue weighted by molar-refractivity contribution is 0.0582. The zero-order valence-corrected chi connectivity index (χ0v) is 17.5. The first-order valence-electron chi connectivity index (χ1n) is 9.83. The second-order valence-corrected chi connectivity index (χ2v) is 8.22. The summed E-state index contributed by atoms with van der Waals surface area (Å²) in [6.07, 6.45) is 3.29. The second-order valence-electron chi connectivity index (χ2n) is 7.31. The molecular weight excluding hydrogens is 418 g/mol. The molecule has 6 heteroatoms. The zero-order valence-electron chi connectivity index (χ0n) is 16.0. The van der Waals surface area contributed by atoms with Gasteiger partial charge in [0.05, 0.1) is 11.3 Å². The van der Waals surface area contributed by atoms with Crippen molar-refractivity contribution < 1.29 is 9.59 Å². The van der Waals surface area contributed by atoms with E-state index in [4.69, 9.17) is 0 Å². The Balaban J connectivity index is 1.57. The van der Waals surface area contributed by atoms with Gasteiger partial charge in [-0.3, -0.25) is 9.59 Å². The summed E-state index contributed by atoms with van der Waals surface area (Å²) in [5.74, 6) is -0.0390.